The van der Waals surface area contributed by atoms with Crippen molar-refractivity contribution in [3.8, 4) is 0 Å². The molecular weight excluding hydrogens is 314 g/mol. The Morgan fingerprint density at radius 1 is 1.04 bits per heavy atom. The number of hydrogen-bond donors (Lipinski definition) is 0. The molecule has 3 aromatic rings. The van der Waals surface area contributed by atoms with Gasteiger partial charge in [0, 0.05) is 24.4 Å². The van der Waals surface area contributed by atoms with E-state index in [0.717, 1.165) is 42.4 Å². The Bertz CT molecular complexity index is 820. The van der Waals surface area contributed by atoms with E-state index in [1.54, 1.807) is 0 Å². The molecule has 1 aliphatic heterocycles. The van der Waals surface area contributed by atoms with Crippen molar-refractivity contribution in [3.05, 3.63) is 52.7 Å². The van der Waals surface area contributed by atoms with Crippen LogP contribution in [0.15, 0.2) is 36.4 Å². The Balaban J connectivity index is 1.77. The predicted octanol–water partition coefficient (Wildman–Crippen LogP) is 4.83. The first-order chi connectivity index (χ1) is 11.8. The number of aromatic nitrogens is 2. The zero-order valence-electron chi connectivity index (χ0n) is 14.2. The molecule has 0 atom stereocenters. The third-order valence-corrected chi connectivity index (χ3v) is 5.85. The minimum atomic E-state index is 0.803. The van der Waals surface area contributed by atoms with E-state index in [4.69, 9.17) is 9.97 Å². The zero-order chi connectivity index (χ0) is 16.4. The van der Waals surface area contributed by atoms with Crippen molar-refractivity contribution in [2.75, 3.05) is 18.0 Å². The summed E-state index contributed by atoms with van der Waals surface area (Å²) in [4.78, 5) is 14.9. The molecule has 1 aliphatic rings. The van der Waals surface area contributed by atoms with Crippen LogP contribution in [0.1, 0.15) is 42.5 Å². The van der Waals surface area contributed by atoms with E-state index >= 15 is 0 Å². The van der Waals surface area contributed by atoms with Gasteiger partial charge < -0.3 is 4.90 Å². The Morgan fingerprint density at radius 2 is 1.83 bits per heavy atom. The van der Waals surface area contributed by atoms with E-state index in [9.17, 15) is 0 Å². The van der Waals surface area contributed by atoms with Gasteiger partial charge in [0.25, 0.3) is 0 Å². The standard InChI is InChI=1S/C20H23N3S/c1-2-16-14-17-19(23-11-7-4-8-12-23)21-18(22-20(17)24-16)13-15-9-5-3-6-10-15/h3,5-6,9-10,14H,2,4,7-8,11-13H2,1H3. The van der Waals surface area contributed by atoms with Crippen LogP contribution in [0, 0.1) is 0 Å². The first-order valence-corrected chi connectivity index (χ1v) is 9.73. The largest absolute Gasteiger partial charge is 0.356 e. The van der Waals surface area contributed by atoms with Gasteiger partial charge in [-0.05, 0) is 37.3 Å². The summed E-state index contributed by atoms with van der Waals surface area (Å²) >= 11 is 1.82. The molecule has 1 aromatic carbocycles. The quantitative estimate of drug-likeness (QED) is 0.682. The highest BCUT2D eigenvalue weighted by Crippen LogP contribution is 2.33. The Morgan fingerprint density at radius 3 is 2.58 bits per heavy atom. The number of fused-ring (bicyclic) bond motifs is 1. The predicted molar refractivity (Wildman–Crippen MR) is 102 cm³/mol. The van der Waals surface area contributed by atoms with Gasteiger partial charge in [-0.1, -0.05) is 37.3 Å². The summed E-state index contributed by atoms with van der Waals surface area (Å²) in [5.41, 5.74) is 1.27. The monoisotopic (exact) mass is 337 g/mol. The molecule has 1 fully saturated rings. The van der Waals surface area contributed by atoms with Gasteiger partial charge in [0.15, 0.2) is 0 Å². The van der Waals surface area contributed by atoms with E-state index in [1.165, 1.54) is 35.1 Å². The van der Waals surface area contributed by atoms with Gasteiger partial charge in [-0.3, -0.25) is 0 Å². The van der Waals surface area contributed by atoms with Crippen molar-refractivity contribution in [2.24, 2.45) is 0 Å². The van der Waals surface area contributed by atoms with E-state index in [1.807, 2.05) is 11.3 Å². The summed E-state index contributed by atoms with van der Waals surface area (Å²) in [6.45, 7) is 4.45. The van der Waals surface area contributed by atoms with Crippen LogP contribution in [0.25, 0.3) is 10.2 Å². The number of aryl methyl sites for hydroxylation is 1. The lowest BCUT2D eigenvalue weighted by Crippen LogP contribution is -2.30. The Hall–Kier alpha value is -1.94. The molecule has 3 nitrogen and oxygen atoms in total. The number of piperidine rings is 1. The SMILES string of the molecule is CCc1cc2c(N3CCCCC3)nc(Cc3ccccc3)nc2s1. The molecule has 0 bridgehead atoms. The molecule has 3 heterocycles. The molecule has 2 aromatic heterocycles. The van der Waals surface area contributed by atoms with Crippen molar-refractivity contribution in [2.45, 2.75) is 39.0 Å². The van der Waals surface area contributed by atoms with Crippen LogP contribution < -0.4 is 4.90 Å². The maximum atomic E-state index is 4.99. The molecule has 124 valence electrons. The molecule has 0 amide bonds. The summed E-state index contributed by atoms with van der Waals surface area (Å²) in [5, 5.41) is 1.25. The van der Waals surface area contributed by atoms with E-state index in [-0.39, 0.29) is 0 Å². The van der Waals surface area contributed by atoms with E-state index in [2.05, 4.69) is 48.2 Å². The molecule has 4 rings (SSSR count). The first-order valence-electron chi connectivity index (χ1n) is 8.91. The minimum Gasteiger partial charge on any atom is -0.356 e. The van der Waals surface area contributed by atoms with Crippen molar-refractivity contribution in [1.82, 2.24) is 9.97 Å². The van der Waals surface area contributed by atoms with Crippen molar-refractivity contribution >= 4 is 27.4 Å². The highest BCUT2D eigenvalue weighted by molar-refractivity contribution is 7.18. The summed E-state index contributed by atoms with van der Waals surface area (Å²) in [5.74, 6) is 2.10. The second-order valence-corrected chi connectivity index (χ2v) is 7.57. The fraction of sp³-hybridized carbons (Fsp3) is 0.400. The fourth-order valence-corrected chi connectivity index (χ4v) is 4.36. The molecule has 0 spiro atoms. The van der Waals surface area contributed by atoms with Crippen LogP contribution in [-0.2, 0) is 12.8 Å². The third kappa shape index (κ3) is 3.16. The fourth-order valence-electron chi connectivity index (χ4n) is 3.38. The molecule has 0 radical (unpaired) electrons. The molecule has 4 heteroatoms. The number of hydrogen-bond acceptors (Lipinski definition) is 4. The lowest BCUT2D eigenvalue weighted by atomic mass is 10.1. The van der Waals surface area contributed by atoms with Crippen molar-refractivity contribution in [1.29, 1.82) is 0 Å². The molecule has 24 heavy (non-hydrogen) atoms. The third-order valence-electron chi connectivity index (χ3n) is 4.68. The van der Waals surface area contributed by atoms with Crippen molar-refractivity contribution < 1.29 is 0 Å². The highest BCUT2D eigenvalue weighted by atomic mass is 32.1. The van der Waals surface area contributed by atoms with Crippen molar-refractivity contribution in [3.63, 3.8) is 0 Å². The average Bonchev–Trinajstić information content (AvgIpc) is 3.06. The Labute approximate surface area is 147 Å². The molecule has 0 aliphatic carbocycles. The lowest BCUT2D eigenvalue weighted by Gasteiger charge is -2.28. The minimum absolute atomic E-state index is 0.803. The molecule has 0 unspecified atom stereocenters. The molecule has 1 saturated heterocycles. The number of rotatable bonds is 4. The molecule has 0 N–H and O–H groups in total. The topological polar surface area (TPSA) is 29.0 Å². The van der Waals surface area contributed by atoms with Crippen LogP contribution >= 0.6 is 11.3 Å². The second-order valence-electron chi connectivity index (χ2n) is 6.46. The number of thiophene rings is 1. The van der Waals surface area contributed by atoms with Crippen LogP contribution in [0.3, 0.4) is 0 Å². The van der Waals surface area contributed by atoms with Crippen LogP contribution in [0.4, 0.5) is 5.82 Å². The number of nitrogens with zero attached hydrogens (tertiary/aromatic N) is 3. The van der Waals surface area contributed by atoms with Crippen LogP contribution in [-0.4, -0.2) is 23.1 Å². The normalized spacial score (nSPS) is 15.1. The van der Waals surface area contributed by atoms with Gasteiger partial charge in [0.1, 0.15) is 16.5 Å². The smallest absolute Gasteiger partial charge is 0.141 e. The van der Waals surface area contributed by atoms with Crippen LogP contribution in [0.2, 0.25) is 0 Å². The van der Waals surface area contributed by atoms with E-state index in [0.29, 0.717) is 0 Å². The van der Waals surface area contributed by atoms with Gasteiger partial charge in [-0.15, -0.1) is 11.3 Å². The van der Waals surface area contributed by atoms with Gasteiger partial charge in [-0.2, -0.15) is 0 Å². The maximum Gasteiger partial charge on any atom is 0.141 e. The zero-order valence-corrected chi connectivity index (χ0v) is 15.0. The summed E-state index contributed by atoms with van der Waals surface area (Å²) < 4.78 is 0. The lowest BCUT2D eigenvalue weighted by molar-refractivity contribution is 0.574. The van der Waals surface area contributed by atoms with Crippen LogP contribution in [0.5, 0.6) is 0 Å². The van der Waals surface area contributed by atoms with Gasteiger partial charge >= 0.3 is 0 Å². The first kappa shape index (κ1) is 15.6. The Kier molecular flexibility index (Phi) is 4.48. The highest BCUT2D eigenvalue weighted by Gasteiger charge is 2.18. The summed E-state index contributed by atoms with van der Waals surface area (Å²) in [6.07, 6.45) is 5.74. The van der Waals surface area contributed by atoms with Gasteiger partial charge in [0.05, 0.1) is 5.39 Å². The summed E-state index contributed by atoms with van der Waals surface area (Å²) in [6, 6.07) is 12.8. The molecule has 0 saturated carbocycles. The van der Waals surface area contributed by atoms with Gasteiger partial charge in [-0.25, -0.2) is 9.97 Å². The number of benzene rings is 1. The summed E-state index contributed by atoms with van der Waals surface area (Å²) in [7, 11) is 0. The average molecular weight is 337 g/mol. The second kappa shape index (κ2) is 6.89. The molecular formula is C20H23N3S. The maximum absolute atomic E-state index is 4.99. The number of anilines is 1. The van der Waals surface area contributed by atoms with Gasteiger partial charge in [0.2, 0.25) is 0 Å². The van der Waals surface area contributed by atoms with E-state index < -0.39 is 0 Å².